The van der Waals surface area contributed by atoms with Crippen LogP contribution in [-0.2, 0) is 41.1 Å². The van der Waals surface area contributed by atoms with Crippen molar-refractivity contribution in [3.05, 3.63) is 33.5 Å². The Balaban J connectivity index is 1.41. The number of hydrogen-bond donors (Lipinski definition) is 1. The first-order valence-electron chi connectivity index (χ1n) is 7.14. The summed E-state index contributed by atoms with van der Waals surface area (Å²) < 4.78 is 31.8. The molecule has 1 aliphatic carbocycles. The minimum absolute atomic E-state index is 0.172. The zero-order valence-corrected chi connectivity index (χ0v) is 13.5. The topological polar surface area (TPSA) is 88.2 Å². The molecule has 0 radical (unpaired) electrons. The van der Waals surface area contributed by atoms with Crippen molar-refractivity contribution in [1.29, 1.82) is 0 Å². The predicted molar refractivity (Wildman–Crippen MR) is 80.4 cm³/mol. The fourth-order valence-electron chi connectivity index (χ4n) is 2.61. The number of nitrogens with zero attached hydrogens (tertiary/aromatic N) is 3. The molecule has 0 spiro atoms. The molecule has 2 aromatic heterocycles. The molecule has 1 saturated carbocycles. The van der Waals surface area contributed by atoms with E-state index in [1.807, 2.05) is 5.38 Å². The van der Waals surface area contributed by atoms with Crippen LogP contribution >= 0.6 is 11.3 Å². The van der Waals surface area contributed by atoms with E-state index in [1.54, 1.807) is 21.8 Å². The molecule has 1 N–H and O–H groups in total. The van der Waals surface area contributed by atoms with E-state index < -0.39 is 10.0 Å². The molecular formula is C13H16N4O3S2. The van der Waals surface area contributed by atoms with Gasteiger partial charge in [0.2, 0.25) is 10.0 Å². The van der Waals surface area contributed by atoms with Gasteiger partial charge in [0.05, 0.1) is 36.4 Å². The first kappa shape index (κ1) is 14.3. The molecule has 3 heterocycles. The van der Waals surface area contributed by atoms with Crippen LogP contribution in [0.4, 0.5) is 0 Å². The van der Waals surface area contributed by atoms with E-state index in [4.69, 9.17) is 4.74 Å². The summed E-state index contributed by atoms with van der Waals surface area (Å²) in [5, 5.41) is 9.84. The van der Waals surface area contributed by atoms with Crippen molar-refractivity contribution < 1.29 is 13.2 Å². The van der Waals surface area contributed by atoms with E-state index in [9.17, 15) is 8.42 Å². The van der Waals surface area contributed by atoms with Crippen LogP contribution in [0.15, 0.2) is 11.6 Å². The number of rotatable bonds is 6. The van der Waals surface area contributed by atoms with Gasteiger partial charge in [-0.2, -0.15) is 9.40 Å². The Morgan fingerprint density at radius 3 is 2.95 bits per heavy atom. The van der Waals surface area contributed by atoms with Gasteiger partial charge >= 0.3 is 0 Å². The standard InChI is InChI=1S/C13H16N4O3S2/c18-22(19,9-1-2-9)17-5-10-11(6-17)15-16-12(10)7-20-8-13-14-3-4-21-13/h3-4,9H,1-2,5-8H2,(H,15,16). The lowest BCUT2D eigenvalue weighted by Crippen LogP contribution is -2.29. The highest BCUT2D eigenvalue weighted by Crippen LogP contribution is 2.35. The van der Waals surface area contributed by atoms with E-state index in [0.29, 0.717) is 26.3 Å². The molecule has 0 unspecified atom stereocenters. The number of fused-ring (bicyclic) bond motifs is 1. The Labute approximate surface area is 132 Å². The Kier molecular flexibility index (Phi) is 3.52. The summed E-state index contributed by atoms with van der Waals surface area (Å²) in [4.78, 5) is 4.16. The van der Waals surface area contributed by atoms with Gasteiger partial charge < -0.3 is 4.74 Å². The van der Waals surface area contributed by atoms with Crippen molar-refractivity contribution >= 4 is 21.4 Å². The van der Waals surface area contributed by atoms with E-state index in [0.717, 1.165) is 34.8 Å². The number of aromatic nitrogens is 3. The van der Waals surface area contributed by atoms with E-state index in [-0.39, 0.29) is 5.25 Å². The normalized spacial score (nSPS) is 18.7. The number of nitrogens with one attached hydrogen (secondary N) is 1. The zero-order valence-electron chi connectivity index (χ0n) is 11.9. The fraction of sp³-hybridized carbons (Fsp3) is 0.538. The van der Waals surface area contributed by atoms with Crippen LogP contribution in [0.25, 0.3) is 0 Å². The minimum atomic E-state index is -3.14. The van der Waals surface area contributed by atoms with Gasteiger partial charge in [-0.25, -0.2) is 13.4 Å². The first-order chi connectivity index (χ1) is 10.6. The molecule has 0 bridgehead atoms. The summed E-state index contributed by atoms with van der Waals surface area (Å²) in [7, 11) is -3.14. The molecule has 4 rings (SSSR count). The molecule has 0 aromatic carbocycles. The molecule has 1 fully saturated rings. The Bertz CT molecular complexity index is 765. The second-order valence-corrected chi connectivity index (χ2v) is 8.75. The monoisotopic (exact) mass is 340 g/mol. The largest absolute Gasteiger partial charge is 0.368 e. The summed E-state index contributed by atoms with van der Waals surface area (Å²) in [6.07, 6.45) is 3.32. The molecule has 2 aliphatic rings. The van der Waals surface area contributed by atoms with Gasteiger partial charge in [0.1, 0.15) is 5.01 Å². The van der Waals surface area contributed by atoms with E-state index in [1.165, 1.54) is 0 Å². The maximum absolute atomic E-state index is 12.3. The van der Waals surface area contributed by atoms with Crippen molar-refractivity contribution in [3.63, 3.8) is 0 Å². The van der Waals surface area contributed by atoms with E-state index in [2.05, 4.69) is 15.2 Å². The van der Waals surface area contributed by atoms with Crippen LogP contribution in [0, 0.1) is 0 Å². The van der Waals surface area contributed by atoms with Gasteiger partial charge in [-0.1, -0.05) is 0 Å². The SMILES string of the molecule is O=S(=O)(C1CC1)N1Cc2[nH]nc(COCc3nccs3)c2C1. The summed E-state index contributed by atoms with van der Waals surface area (Å²) in [5.41, 5.74) is 2.64. The molecule has 7 nitrogen and oxygen atoms in total. The summed E-state index contributed by atoms with van der Waals surface area (Å²) in [6.45, 7) is 1.61. The van der Waals surface area contributed by atoms with Crippen LogP contribution in [0.3, 0.4) is 0 Å². The number of H-pyrrole nitrogens is 1. The maximum atomic E-state index is 12.3. The zero-order chi connectivity index (χ0) is 15.2. The van der Waals surface area contributed by atoms with Gasteiger partial charge in [-0.05, 0) is 12.8 Å². The number of aromatic amines is 1. The Morgan fingerprint density at radius 2 is 2.23 bits per heavy atom. The van der Waals surface area contributed by atoms with Gasteiger partial charge in [-0.15, -0.1) is 11.3 Å². The number of thiazole rings is 1. The molecular weight excluding hydrogens is 324 g/mol. The van der Waals surface area contributed by atoms with Crippen LogP contribution in [0.1, 0.15) is 34.8 Å². The number of hydrogen-bond acceptors (Lipinski definition) is 6. The molecule has 118 valence electrons. The summed E-state index contributed by atoms with van der Waals surface area (Å²) in [5.74, 6) is 0. The molecule has 0 atom stereocenters. The second kappa shape index (κ2) is 5.41. The quantitative estimate of drug-likeness (QED) is 0.858. The fourth-order valence-corrected chi connectivity index (χ4v) is 4.93. The smallest absolute Gasteiger partial charge is 0.217 e. The molecule has 0 saturated heterocycles. The number of sulfonamides is 1. The lowest BCUT2D eigenvalue weighted by molar-refractivity contribution is 0.103. The lowest BCUT2D eigenvalue weighted by atomic mass is 10.2. The molecule has 1 aliphatic heterocycles. The van der Waals surface area contributed by atoms with Crippen molar-refractivity contribution in [2.24, 2.45) is 0 Å². The lowest BCUT2D eigenvalue weighted by Gasteiger charge is -2.15. The van der Waals surface area contributed by atoms with E-state index >= 15 is 0 Å². The number of ether oxygens (including phenoxy) is 1. The predicted octanol–water partition coefficient (Wildman–Crippen LogP) is 1.39. The molecule has 0 amide bonds. The average Bonchev–Trinajstić information content (AvgIpc) is 2.93. The average molecular weight is 340 g/mol. The molecule has 22 heavy (non-hydrogen) atoms. The van der Waals surface area contributed by atoms with Crippen LogP contribution in [-0.4, -0.2) is 33.2 Å². The van der Waals surface area contributed by atoms with Crippen molar-refractivity contribution in [3.8, 4) is 0 Å². The van der Waals surface area contributed by atoms with Gasteiger partial charge in [0, 0.05) is 23.7 Å². The summed E-state index contributed by atoms with van der Waals surface area (Å²) >= 11 is 1.55. The first-order valence-corrected chi connectivity index (χ1v) is 9.53. The van der Waals surface area contributed by atoms with Crippen LogP contribution < -0.4 is 0 Å². The second-order valence-electron chi connectivity index (χ2n) is 5.56. The van der Waals surface area contributed by atoms with Crippen LogP contribution in [0.5, 0.6) is 0 Å². The Morgan fingerprint density at radius 1 is 1.36 bits per heavy atom. The summed E-state index contributed by atoms with van der Waals surface area (Å²) in [6, 6.07) is 0. The maximum Gasteiger partial charge on any atom is 0.217 e. The third-order valence-electron chi connectivity index (χ3n) is 3.96. The Hall–Kier alpha value is -1.29. The highest BCUT2D eigenvalue weighted by Gasteiger charge is 2.43. The third kappa shape index (κ3) is 2.58. The van der Waals surface area contributed by atoms with Gasteiger partial charge in [0.15, 0.2) is 0 Å². The highest BCUT2D eigenvalue weighted by atomic mass is 32.2. The van der Waals surface area contributed by atoms with Crippen molar-refractivity contribution in [1.82, 2.24) is 19.5 Å². The van der Waals surface area contributed by atoms with Crippen LogP contribution in [0.2, 0.25) is 0 Å². The highest BCUT2D eigenvalue weighted by molar-refractivity contribution is 7.90. The van der Waals surface area contributed by atoms with Gasteiger partial charge in [-0.3, -0.25) is 5.10 Å². The molecule has 2 aromatic rings. The van der Waals surface area contributed by atoms with Gasteiger partial charge in [0.25, 0.3) is 0 Å². The van der Waals surface area contributed by atoms with Crippen molar-refractivity contribution in [2.45, 2.75) is 44.4 Å². The minimum Gasteiger partial charge on any atom is -0.368 e. The van der Waals surface area contributed by atoms with Crippen molar-refractivity contribution in [2.75, 3.05) is 0 Å². The molecule has 9 heteroatoms. The third-order valence-corrected chi connectivity index (χ3v) is 7.01.